The van der Waals surface area contributed by atoms with Gasteiger partial charge in [0.1, 0.15) is 5.75 Å². The first-order valence-corrected chi connectivity index (χ1v) is 9.87. The van der Waals surface area contributed by atoms with Gasteiger partial charge in [-0.15, -0.1) is 0 Å². The monoisotopic (exact) mass is 389 g/mol. The Morgan fingerprint density at radius 3 is 2.30 bits per heavy atom. The van der Waals surface area contributed by atoms with Crippen molar-refractivity contribution in [1.82, 2.24) is 4.90 Å². The van der Waals surface area contributed by atoms with Gasteiger partial charge in [0, 0.05) is 30.6 Å². The summed E-state index contributed by atoms with van der Waals surface area (Å²) >= 11 is 6.10. The van der Waals surface area contributed by atoms with Crippen LogP contribution in [0.2, 0.25) is 5.02 Å². The standard InChI is InChI=1S/C22H28ClNO3/c1-3-22(25,18-6-10-20(26-2)11-7-18)21(16-24-12-14-27-15-13-24)17-4-8-19(23)9-5-17/h4-11,21,25H,3,12-16H2,1-2H3/t21-,22-/m0/s1. The Labute approximate surface area is 166 Å². The van der Waals surface area contributed by atoms with Crippen molar-refractivity contribution in [1.29, 1.82) is 0 Å². The fraction of sp³-hybridized carbons (Fsp3) is 0.455. The van der Waals surface area contributed by atoms with Crippen LogP contribution in [0, 0.1) is 0 Å². The topological polar surface area (TPSA) is 41.9 Å². The molecule has 0 unspecified atom stereocenters. The van der Waals surface area contributed by atoms with Gasteiger partial charge in [0.05, 0.1) is 25.9 Å². The Kier molecular flexibility index (Phi) is 6.77. The predicted molar refractivity (Wildman–Crippen MR) is 109 cm³/mol. The van der Waals surface area contributed by atoms with Crippen LogP contribution >= 0.6 is 11.6 Å². The number of rotatable bonds is 7. The highest BCUT2D eigenvalue weighted by Gasteiger charge is 2.39. The summed E-state index contributed by atoms with van der Waals surface area (Å²) in [6.07, 6.45) is 0.608. The van der Waals surface area contributed by atoms with Gasteiger partial charge in [0.2, 0.25) is 0 Å². The van der Waals surface area contributed by atoms with Crippen molar-refractivity contribution in [2.45, 2.75) is 24.9 Å². The molecule has 27 heavy (non-hydrogen) atoms. The summed E-state index contributed by atoms with van der Waals surface area (Å²) in [5.41, 5.74) is 1.00. The number of benzene rings is 2. The van der Waals surface area contributed by atoms with Gasteiger partial charge < -0.3 is 14.6 Å². The molecule has 0 saturated carbocycles. The van der Waals surface area contributed by atoms with Crippen LogP contribution in [0.15, 0.2) is 48.5 Å². The Morgan fingerprint density at radius 1 is 1.11 bits per heavy atom. The second-order valence-electron chi connectivity index (χ2n) is 7.02. The lowest BCUT2D eigenvalue weighted by atomic mass is 9.75. The molecule has 2 aromatic rings. The molecule has 0 aromatic heterocycles. The molecule has 1 aliphatic rings. The van der Waals surface area contributed by atoms with Crippen molar-refractivity contribution in [3.05, 3.63) is 64.7 Å². The minimum Gasteiger partial charge on any atom is -0.497 e. The molecule has 1 fully saturated rings. The molecule has 0 spiro atoms. The second-order valence-corrected chi connectivity index (χ2v) is 7.46. The summed E-state index contributed by atoms with van der Waals surface area (Å²) in [5, 5.41) is 12.5. The number of aliphatic hydroxyl groups is 1. The first kappa shape index (κ1) is 20.2. The minimum atomic E-state index is -0.988. The van der Waals surface area contributed by atoms with Crippen LogP contribution in [0.3, 0.4) is 0 Å². The third-order valence-corrected chi connectivity index (χ3v) is 5.77. The minimum absolute atomic E-state index is 0.0775. The van der Waals surface area contributed by atoms with Crippen molar-refractivity contribution in [3.8, 4) is 5.75 Å². The zero-order valence-corrected chi connectivity index (χ0v) is 16.8. The lowest BCUT2D eigenvalue weighted by Gasteiger charge is -2.40. The summed E-state index contributed by atoms with van der Waals surface area (Å²) in [6, 6.07) is 15.6. The molecule has 146 valence electrons. The first-order valence-electron chi connectivity index (χ1n) is 9.49. The molecule has 1 aliphatic heterocycles. The van der Waals surface area contributed by atoms with Crippen LogP contribution in [0.1, 0.15) is 30.4 Å². The van der Waals surface area contributed by atoms with E-state index in [1.165, 1.54) is 0 Å². The number of hydrogen-bond acceptors (Lipinski definition) is 4. The summed E-state index contributed by atoms with van der Waals surface area (Å²) in [6.45, 7) is 6.04. The zero-order valence-electron chi connectivity index (χ0n) is 16.0. The Balaban J connectivity index is 1.97. The number of halogens is 1. The highest BCUT2D eigenvalue weighted by Crippen LogP contribution is 2.41. The summed E-state index contributed by atoms with van der Waals surface area (Å²) in [5.74, 6) is 0.708. The van der Waals surface area contributed by atoms with E-state index in [2.05, 4.69) is 4.90 Å². The maximum Gasteiger partial charge on any atom is 0.118 e. The van der Waals surface area contributed by atoms with E-state index in [0.717, 1.165) is 49.7 Å². The van der Waals surface area contributed by atoms with E-state index in [4.69, 9.17) is 21.1 Å². The highest BCUT2D eigenvalue weighted by molar-refractivity contribution is 6.30. The Bertz CT molecular complexity index is 713. The van der Waals surface area contributed by atoms with Gasteiger partial charge in [-0.05, 0) is 41.8 Å². The summed E-state index contributed by atoms with van der Waals surface area (Å²) in [4.78, 5) is 2.37. The Hall–Kier alpha value is -1.59. The lowest BCUT2D eigenvalue weighted by molar-refractivity contribution is -0.0250. The number of nitrogens with zero attached hydrogens (tertiary/aromatic N) is 1. The molecule has 1 N–H and O–H groups in total. The van der Waals surface area contributed by atoms with Gasteiger partial charge in [-0.25, -0.2) is 0 Å². The third-order valence-electron chi connectivity index (χ3n) is 5.52. The molecule has 0 bridgehead atoms. The molecule has 5 heteroatoms. The van der Waals surface area contributed by atoms with E-state index in [9.17, 15) is 5.11 Å². The molecule has 1 saturated heterocycles. The maximum atomic E-state index is 11.8. The van der Waals surface area contributed by atoms with E-state index >= 15 is 0 Å². The third kappa shape index (κ3) is 4.64. The maximum absolute atomic E-state index is 11.8. The molecule has 2 aromatic carbocycles. The molecule has 0 radical (unpaired) electrons. The molecular formula is C22H28ClNO3. The van der Waals surface area contributed by atoms with Gasteiger partial charge in [-0.2, -0.15) is 0 Å². The van der Waals surface area contributed by atoms with E-state index < -0.39 is 5.60 Å². The number of ether oxygens (including phenoxy) is 2. The van der Waals surface area contributed by atoms with Crippen molar-refractivity contribution >= 4 is 11.6 Å². The van der Waals surface area contributed by atoms with Crippen LogP contribution in [0.4, 0.5) is 0 Å². The van der Waals surface area contributed by atoms with Gasteiger partial charge >= 0.3 is 0 Å². The molecule has 0 amide bonds. The number of hydrogen-bond donors (Lipinski definition) is 1. The molecular weight excluding hydrogens is 362 g/mol. The van der Waals surface area contributed by atoms with Gasteiger partial charge in [-0.3, -0.25) is 4.90 Å². The average molecular weight is 390 g/mol. The quantitative estimate of drug-likeness (QED) is 0.775. The SMILES string of the molecule is CC[C@](O)(c1ccc(OC)cc1)[C@@H](CN1CCOCC1)c1ccc(Cl)cc1. The normalized spacial score (nSPS) is 18.7. The molecule has 3 rings (SSSR count). The van der Waals surface area contributed by atoms with Gasteiger partial charge in [0.25, 0.3) is 0 Å². The predicted octanol–water partition coefficient (Wildman–Crippen LogP) is 4.06. The molecule has 0 aliphatic carbocycles. The molecule has 2 atom stereocenters. The number of methoxy groups -OCH3 is 1. The fourth-order valence-corrected chi connectivity index (χ4v) is 3.93. The fourth-order valence-electron chi connectivity index (χ4n) is 3.80. The highest BCUT2D eigenvalue weighted by atomic mass is 35.5. The van der Waals surface area contributed by atoms with Gasteiger partial charge in [0.15, 0.2) is 0 Å². The first-order chi connectivity index (χ1) is 13.1. The van der Waals surface area contributed by atoms with Crippen molar-refractivity contribution in [3.63, 3.8) is 0 Å². The van der Waals surface area contributed by atoms with Crippen LogP contribution in [0.25, 0.3) is 0 Å². The molecule has 4 nitrogen and oxygen atoms in total. The van der Waals surface area contributed by atoms with Crippen LogP contribution in [0.5, 0.6) is 5.75 Å². The zero-order chi connectivity index (χ0) is 19.3. The number of morpholine rings is 1. The average Bonchev–Trinajstić information content (AvgIpc) is 2.73. The smallest absolute Gasteiger partial charge is 0.118 e. The van der Waals surface area contributed by atoms with Crippen LogP contribution in [-0.4, -0.2) is 50.0 Å². The van der Waals surface area contributed by atoms with Crippen molar-refractivity contribution in [2.24, 2.45) is 0 Å². The van der Waals surface area contributed by atoms with E-state index in [1.807, 2.05) is 55.5 Å². The second kappa shape index (κ2) is 9.07. The summed E-state index contributed by atoms with van der Waals surface area (Å²) < 4.78 is 10.8. The largest absolute Gasteiger partial charge is 0.497 e. The summed E-state index contributed by atoms with van der Waals surface area (Å²) in [7, 11) is 1.65. The van der Waals surface area contributed by atoms with Crippen LogP contribution in [-0.2, 0) is 10.3 Å². The van der Waals surface area contributed by atoms with Crippen molar-refractivity contribution in [2.75, 3.05) is 40.0 Å². The van der Waals surface area contributed by atoms with Gasteiger partial charge in [-0.1, -0.05) is 42.8 Å². The molecule has 1 heterocycles. The van der Waals surface area contributed by atoms with E-state index in [-0.39, 0.29) is 5.92 Å². The van der Waals surface area contributed by atoms with Crippen molar-refractivity contribution < 1.29 is 14.6 Å². The van der Waals surface area contributed by atoms with Crippen LogP contribution < -0.4 is 4.74 Å². The van der Waals surface area contributed by atoms with E-state index in [0.29, 0.717) is 11.4 Å². The van der Waals surface area contributed by atoms with E-state index in [1.54, 1.807) is 7.11 Å². The Morgan fingerprint density at radius 2 is 1.74 bits per heavy atom. The lowest BCUT2D eigenvalue weighted by Crippen LogP contribution is -2.44.